The van der Waals surface area contributed by atoms with E-state index in [0.29, 0.717) is 0 Å². The van der Waals surface area contributed by atoms with E-state index in [2.05, 4.69) is 45.0 Å². The van der Waals surface area contributed by atoms with Crippen molar-refractivity contribution in [1.29, 1.82) is 0 Å². The van der Waals surface area contributed by atoms with Crippen molar-refractivity contribution in [2.75, 3.05) is 0 Å². The van der Waals surface area contributed by atoms with Gasteiger partial charge in [0.25, 0.3) is 0 Å². The van der Waals surface area contributed by atoms with Crippen molar-refractivity contribution in [3.05, 3.63) is 40.9 Å². The van der Waals surface area contributed by atoms with Crippen molar-refractivity contribution < 1.29 is 0 Å². The highest BCUT2D eigenvalue weighted by Crippen LogP contribution is 2.22. The van der Waals surface area contributed by atoms with Gasteiger partial charge in [0.1, 0.15) is 0 Å². The molecule has 1 aromatic carbocycles. The molecule has 0 spiro atoms. The Hall–Kier alpha value is -0.750. The Morgan fingerprint density at radius 2 is 1.62 bits per heavy atom. The summed E-state index contributed by atoms with van der Waals surface area (Å²) >= 11 is 5.49. The molecule has 1 rings (SSSR count). The Kier molecular flexibility index (Phi) is 3.16. The molecule has 0 aliphatic heterocycles. The van der Waals surface area contributed by atoms with Crippen molar-refractivity contribution in [2.24, 2.45) is 0 Å². The normalized spacial score (nSPS) is 12.3. The van der Waals surface area contributed by atoms with Gasteiger partial charge in [0.15, 0.2) is 0 Å². The zero-order valence-electron chi connectivity index (χ0n) is 8.34. The second-order valence-electron chi connectivity index (χ2n) is 4.16. The van der Waals surface area contributed by atoms with Crippen LogP contribution in [0.2, 0.25) is 0 Å². The monoisotopic (exact) mass is 194 g/mol. The Morgan fingerprint density at radius 1 is 1.08 bits per heavy atom. The minimum absolute atomic E-state index is 0.225. The lowest BCUT2D eigenvalue weighted by Gasteiger charge is -2.18. The molecule has 0 atom stereocenters. The summed E-state index contributed by atoms with van der Waals surface area (Å²) in [7, 11) is 0. The smallest absolute Gasteiger partial charge is 0.00484 e. The highest BCUT2D eigenvalue weighted by atomic mass is 35.5. The maximum Gasteiger partial charge on any atom is 0.00484 e. The van der Waals surface area contributed by atoms with Crippen LogP contribution in [0, 0.1) is 0 Å². The fraction of sp³-hybridized carbons (Fsp3) is 0.333. The third-order valence-electron chi connectivity index (χ3n) is 2.03. The molecule has 0 aromatic heterocycles. The molecule has 0 radical (unpaired) electrons. The fourth-order valence-electron chi connectivity index (χ4n) is 1.17. The molecule has 0 nitrogen and oxygen atoms in total. The van der Waals surface area contributed by atoms with Crippen molar-refractivity contribution in [1.82, 2.24) is 0 Å². The van der Waals surface area contributed by atoms with Crippen LogP contribution in [0.15, 0.2) is 29.8 Å². The number of hydrogen-bond donors (Lipinski definition) is 0. The van der Waals surface area contributed by atoms with E-state index >= 15 is 0 Å². The van der Waals surface area contributed by atoms with Gasteiger partial charge in [-0.3, -0.25) is 0 Å². The molecule has 0 amide bonds. The molecule has 0 saturated carbocycles. The lowest BCUT2D eigenvalue weighted by atomic mass is 9.87. The van der Waals surface area contributed by atoms with Gasteiger partial charge in [0.2, 0.25) is 0 Å². The van der Waals surface area contributed by atoms with Gasteiger partial charge in [0, 0.05) is 5.54 Å². The largest absolute Gasteiger partial charge is 0.0929 e. The van der Waals surface area contributed by atoms with Gasteiger partial charge in [-0.25, -0.2) is 0 Å². The standard InChI is InChI=1S/C12H15Cl/c1-12(2,3)11-6-4-10(5-7-11)8-9-13/h4-9H,1-3H3/b9-8+. The topological polar surface area (TPSA) is 0 Å². The first-order valence-electron chi connectivity index (χ1n) is 4.41. The summed E-state index contributed by atoms with van der Waals surface area (Å²) in [4.78, 5) is 0. The van der Waals surface area contributed by atoms with E-state index in [-0.39, 0.29) is 5.41 Å². The average molecular weight is 195 g/mol. The minimum Gasteiger partial charge on any atom is -0.0929 e. The van der Waals surface area contributed by atoms with E-state index in [1.807, 2.05) is 6.08 Å². The van der Waals surface area contributed by atoms with Gasteiger partial charge in [-0.2, -0.15) is 0 Å². The highest BCUT2D eigenvalue weighted by molar-refractivity contribution is 6.27. The zero-order chi connectivity index (χ0) is 9.90. The maximum atomic E-state index is 5.49. The van der Waals surface area contributed by atoms with E-state index in [0.717, 1.165) is 5.56 Å². The van der Waals surface area contributed by atoms with Crippen LogP contribution in [-0.4, -0.2) is 0 Å². The SMILES string of the molecule is CC(C)(C)c1ccc(/C=C/Cl)cc1. The summed E-state index contributed by atoms with van der Waals surface area (Å²) in [6.45, 7) is 6.62. The summed E-state index contributed by atoms with van der Waals surface area (Å²) in [5.74, 6) is 0. The average Bonchev–Trinajstić information content (AvgIpc) is 2.04. The first-order chi connectivity index (χ1) is 6.04. The summed E-state index contributed by atoms with van der Waals surface area (Å²) in [6, 6.07) is 8.46. The van der Waals surface area contributed by atoms with E-state index in [1.165, 1.54) is 11.1 Å². The van der Waals surface area contributed by atoms with Crippen molar-refractivity contribution in [3.8, 4) is 0 Å². The van der Waals surface area contributed by atoms with Gasteiger partial charge in [-0.05, 0) is 22.6 Å². The van der Waals surface area contributed by atoms with Crippen LogP contribution in [0.3, 0.4) is 0 Å². The van der Waals surface area contributed by atoms with Crippen LogP contribution < -0.4 is 0 Å². The van der Waals surface area contributed by atoms with E-state index < -0.39 is 0 Å². The molecule has 1 heteroatoms. The van der Waals surface area contributed by atoms with Gasteiger partial charge in [-0.15, -0.1) is 0 Å². The molecule has 13 heavy (non-hydrogen) atoms. The van der Waals surface area contributed by atoms with Gasteiger partial charge in [-0.1, -0.05) is 56.6 Å². The Morgan fingerprint density at radius 3 is 2.00 bits per heavy atom. The lowest BCUT2D eigenvalue weighted by Crippen LogP contribution is -2.10. The minimum atomic E-state index is 0.225. The first kappa shape index (κ1) is 10.3. The molecule has 0 N–H and O–H groups in total. The summed E-state index contributed by atoms with van der Waals surface area (Å²) in [5.41, 5.74) is 4.25. The Balaban J connectivity index is 2.94. The molecule has 0 aliphatic carbocycles. The van der Waals surface area contributed by atoms with Gasteiger partial charge >= 0.3 is 0 Å². The molecule has 0 fully saturated rings. The van der Waals surface area contributed by atoms with Crippen molar-refractivity contribution in [3.63, 3.8) is 0 Å². The molecular formula is C12H15Cl. The third-order valence-corrected chi connectivity index (χ3v) is 2.16. The van der Waals surface area contributed by atoms with Crippen LogP contribution in [0.4, 0.5) is 0 Å². The Bertz CT molecular complexity index is 288. The predicted molar refractivity (Wildman–Crippen MR) is 60.0 cm³/mol. The molecule has 0 unspecified atom stereocenters. The molecular weight excluding hydrogens is 180 g/mol. The quantitative estimate of drug-likeness (QED) is 0.629. The van der Waals surface area contributed by atoms with Gasteiger partial charge < -0.3 is 0 Å². The summed E-state index contributed by atoms with van der Waals surface area (Å²) in [5, 5.41) is 0. The van der Waals surface area contributed by atoms with Crippen molar-refractivity contribution in [2.45, 2.75) is 26.2 Å². The second kappa shape index (κ2) is 3.97. The summed E-state index contributed by atoms with van der Waals surface area (Å²) < 4.78 is 0. The van der Waals surface area contributed by atoms with Gasteiger partial charge in [0.05, 0.1) is 0 Å². The maximum absolute atomic E-state index is 5.49. The van der Waals surface area contributed by atoms with Crippen molar-refractivity contribution >= 4 is 17.7 Å². The third kappa shape index (κ3) is 2.89. The highest BCUT2D eigenvalue weighted by Gasteiger charge is 2.12. The fourth-order valence-corrected chi connectivity index (χ4v) is 1.31. The van der Waals surface area contributed by atoms with Crippen LogP contribution in [0.25, 0.3) is 6.08 Å². The van der Waals surface area contributed by atoms with E-state index in [4.69, 9.17) is 11.6 Å². The molecule has 0 aliphatic rings. The number of halogens is 1. The summed E-state index contributed by atoms with van der Waals surface area (Å²) in [6.07, 6.45) is 1.88. The second-order valence-corrected chi connectivity index (χ2v) is 4.42. The Labute approximate surface area is 85.2 Å². The molecule has 0 bridgehead atoms. The van der Waals surface area contributed by atoms with Crippen LogP contribution in [-0.2, 0) is 5.41 Å². The number of benzene rings is 1. The molecule has 0 saturated heterocycles. The zero-order valence-corrected chi connectivity index (χ0v) is 9.10. The van der Waals surface area contributed by atoms with Crippen LogP contribution >= 0.6 is 11.6 Å². The number of rotatable bonds is 1. The first-order valence-corrected chi connectivity index (χ1v) is 4.85. The van der Waals surface area contributed by atoms with E-state index in [1.54, 1.807) is 0 Å². The number of hydrogen-bond acceptors (Lipinski definition) is 0. The van der Waals surface area contributed by atoms with E-state index in [9.17, 15) is 0 Å². The van der Waals surface area contributed by atoms with Crippen LogP contribution in [0.1, 0.15) is 31.9 Å². The lowest BCUT2D eigenvalue weighted by molar-refractivity contribution is 0.590. The predicted octanol–water partition coefficient (Wildman–Crippen LogP) is 4.19. The molecule has 70 valence electrons. The van der Waals surface area contributed by atoms with Crippen LogP contribution in [0.5, 0.6) is 0 Å². The molecule has 0 heterocycles. The molecule has 1 aromatic rings.